The van der Waals surface area contributed by atoms with Gasteiger partial charge in [-0.15, -0.1) is 0 Å². The number of hydrogen-bond acceptors (Lipinski definition) is 2. The molecule has 0 amide bonds. The van der Waals surface area contributed by atoms with Gasteiger partial charge < -0.3 is 8.85 Å². The summed E-state index contributed by atoms with van der Waals surface area (Å²) in [4.78, 5) is 0. The minimum absolute atomic E-state index is 0.316. The SMILES string of the molecule is CCO[Si](OCC)(C1C(C)=CC(C)=C1C)C1C(C)=CC(C)=C1C. The van der Waals surface area contributed by atoms with Gasteiger partial charge in [-0.2, -0.15) is 0 Å². The highest BCUT2D eigenvalue weighted by molar-refractivity contribution is 6.73. The fraction of sp³-hybridized carbons (Fsp3) is 0.600. The highest BCUT2D eigenvalue weighted by Gasteiger charge is 2.56. The molecule has 2 aliphatic carbocycles. The van der Waals surface area contributed by atoms with E-state index in [9.17, 15) is 0 Å². The molecular weight excluding hydrogens is 300 g/mol. The topological polar surface area (TPSA) is 18.5 Å². The Balaban J connectivity index is 2.63. The Labute approximate surface area is 143 Å². The summed E-state index contributed by atoms with van der Waals surface area (Å²) >= 11 is 0. The minimum Gasteiger partial charge on any atom is -0.393 e. The van der Waals surface area contributed by atoms with Crippen LogP contribution in [-0.4, -0.2) is 21.8 Å². The molecule has 2 rings (SSSR count). The van der Waals surface area contributed by atoms with Crippen molar-refractivity contribution in [3.63, 3.8) is 0 Å². The zero-order valence-electron chi connectivity index (χ0n) is 16.0. The molecule has 0 aromatic carbocycles. The molecule has 0 aliphatic heterocycles. The summed E-state index contributed by atoms with van der Waals surface area (Å²) in [6.07, 6.45) is 4.64. The van der Waals surface area contributed by atoms with Crippen LogP contribution in [-0.2, 0) is 8.85 Å². The van der Waals surface area contributed by atoms with Gasteiger partial charge in [0.15, 0.2) is 0 Å². The first-order valence-corrected chi connectivity index (χ1v) is 10.8. The van der Waals surface area contributed by atoms with Crippen LogP contribution in [0.1, 0.15) is 55.4 Å². The molecule has 2 atom stereocenters. The predicted molar refractivity (Wildman–Crippen MR) is 101 cm³/mol. The van der Waals surface area contributed by atoms with Crippen molar-refractivity contribution in [1.29, 1.82) is 0 Å². The molecule has 0 radical (unpaired) electrons. The van der Waals surface area contributed by atoms with Crippen molar-refractivity contribution < 1.29 is 8.85 Å². The first kappa shape index (κ1) is 18.4. The molecule has 0 fully saturated rings. The Morgan fingerprint density at radius 3 is 1.30 bits per heavy atom. The standard InChI is InChI=1S/C20H32O2Si/c1-9-21-23(22-10-2,19-15(5)11-13(3)17(19)7)20-16(6)12-14(4)18(20)8/h11-12,19-20H,9-10H2,1-8H3. The third-order valence-corrected chi connectivity index (χ3v) is 10.3. The van der Waals surface area contributed by atoms with Crippen LogP contribution < -0.4 is 0 Å². The lowest BCUT2D eigenvalue weighted by Crippen LogP contribution is -2.52. The molecule has 0 N–H and O–H groups in total. The molecule has 0 saturated heterocycles. The molecule has 0 bridgehead atoms. The summed E-state index contributed by atoms with van der Waals surface area (Å²) in [5, 5.41) is 0. The maximum Gasteiger partial charge on any atom is 0.361 e. The van der Waals surface area contributed by atoms with E-state index in [0.29, 0.717) is 24.3 Å². The minimum atomic E-state index is -2.52. The fourth-order valence-electron chi connectivity index (χ4n) is 4.45. The van der Waals surface area contributed by atoms with Gasteiger partial charge >= 0.3 is 8.56 Å². The van der Waals surface area contributed by atoms with Crippen LogP contribution in [0.3, 0.4) is 0 Å². The van der Waals surface area contributed by atoms with Gasteiger partial charge in [0.25, 0.3) is 0 Å². The van der Waals surface area contributed by atoms with Gasteiger partial charge in [-0.25, -0.2) is 0 Å². The van der Waals surface area contributed by atoms with Crippen molar-refractivity contribution in [2.75, 3.05) is 13.2 Å². The van der Waals surface area contributed by atoms with Gasteiger partial charge in [0, 0.05) is 24.3 Å². The lowest BCUT2D eigenvalue weighted by Gasteiger charge is -2.42. The van der Waals surface area contributed by atoms with Crippen LogP contribution in [0.4, 0.5) is 0 Å². The van der Waals surface area contributed by atoms with E-state index in [4.69, 9.17) is 8.85 Å². The van der Waals surface area contributed by atoms with E-state index < -0.39 is 8.56 Å². The first-order valence-electron chi connectivity index (χ1n) is 8.79. The third-order valence-electron chi connectivity index (χ3n) is 5.45. The van der Waals surface area contributed by atoms with Crippen molar-refractivity contribution in [2.24, 2.45) is 0 Å². The van der Waals surface area contributed by atoms with Crippen molar-refractivity contribution in [1.82, 2.24) is 0 Å². The van der Waals surface area contributed by atoms with Gasteiger partial charge in [0.1, 0.15) is 0 Å². The van der Waals surface area contributed by atoms with E-state index in [1.165, 1.54) is 33.4 Å². The quantitative estimate of drug-likeness (QED) is 0.569. The normalized spacial score (nSPS) is 25.4. The number of hydrogen-bond donors (Lipinski definition) is 0. The van der Waals surface area contributed by atoms with E-state index in [0.717, 1.165) is 0 Å². The molecule has 0 heterocycles. The Morgan fingerprint density at radius 2 is 1.09 bits per heavy atom. The zero-order valence-corrected chi connectivity index (χ0v) is 17.0. The summed E-state index contributed by atoms with van der Waals surface area (Å²) in [7, 11) is -2.52. The molecular formula is C20H32O2Si. The molecule has 0 spiro atoms. The maximum absolute atomic E-state index is 6.58. The van der Waals surface area contributed by atoms with E-state index in [2.05, 4.69) is 67.5 Å². The lowest BCUT2D eigenvalue weighted by molar-refractivity contribution is 0.174. The van der Waals surface area contributed by atoms with Gasteiger partial charge in [-0.05, 0) is 55.4 Å². The van der Waals surface area contributed by atoms with Crippen molar-refractivity contribution >= 4 is 8.56 Å². The van der Waals surface area contributed by atoms with E-state index in [1.807, 2.05) is 0 Å². The zero-order chi connectivity index (χ0) is 17.4. The van der Waals surface area contributed by atoms with Crippen LogP contribution in [0, 0.1) is 0 Å². The summed E-state index contributed by atoms with van der Waals surface area (Å²) < 4.78 is 13.2. The average molecular weight is 333 g/mol. The highest BCUT2D eigenvalue weighted by Crippen LogP contribution is 2.54. The average Bonchev–Trinajstić information content (AvgIpc) is 2.86. The first-order chi connectivity index (χ1) is 10.8. The second kappa shape index (κ2) is 6.92. The molecule has 2 nitrogen and oxygen atoms in total. The van der Waals surface area contributed by atoms with Crippen LogP contribution >= 0.6 is 0 Å². The Bertz CT molecular complexity index is 553. The summed E-state index contributed by atoms with van der Waals surface area (Å²) in [6.45, 7) is 19.0. The van der Waals surface area contributed by atoms with Crippen LogP contribution in [0.25, 0.3) is 0 Å². The smallest absolute Gasteiger partial charge is 0.361 e. The molecule has 3 heteroatoms. The molecule has 0 aromatic rings. The largest absolute Gasteiger partial charge is 0.393 e. The van der Waals surface area contributed by atoms with Gasteiger partial charge in [-0.3, -0.25) is 0 Å². The predicted octanol–water partition coefficient (Wildman–Crippen LogP) is 5.83. The van der Waals surface area contributed by atoms with Crippen LogP contribution in [0.2, 0.25) is 11.1 Å². The van der Waals surface area contributed by atoms with Gasteiger partial charge in [-0.1, -0.05) is 45.6 Å². The van der Waals surface area contributed by atoms with E-state index in [1.54, 1.807) is 0 Å². The number of allylic oxidation sites excluding steroid dienone is 8. The molecule has 0 aromatic heterocycles. The molecule has 128 valence electrons. The summed E-state index contributed by atoms with van der Waals surface area (Å²) in [6, 6.07) is 0. The summed E-state index contributed by atoms with van der Waals surface area (Å²) in [5.74, 6) is 0. The summed E-state index contributed by atoms with van der Waals surface area (Å²) in [5.41, 5.74) is 9.05. The molecule has 2 aliphatic rings. The Hall–Kier alpha value is -0.903. The number of rotatable bonds is 6. The second-order valence-corrected chi connectivity index (χ2v) is 10.1. The van der Waals surface area contributed by atoms with E-state index in [-0.39, 0.29) is 0 Å². The van der Waals surface area contributed by atoms with Gasteiger partial charge in [0.05, 0.1) is 0 Å². The fourth-order valence-corrected chi connectivity index (χ4v) is 9.53. The van der Waals surface area contributed by atoms with Crippen molar-refractivity contribution in [3.05, 3.63) is 45.6 Å². The van der Waals surface area contributed by atoms with Crippen molar-refractivity contribution in [2.45, 2.75) is 66.5 Å². The second-order valence-electron chi connectivity index (χ2n) is 6.96. The molecule has 0 saturated carbocycles. The van der Waals surface area contributed by atoms with E-state index >= 15 is 0 Å². The molecule has 2 unspecified atom stereocenters. The highest BCUT2D eigenvalue weighted by atomic mass is 28.4. The monoisotopic (exact) mass is 332 g/mol. The van der Waals surface area contributed by atoms with Gasteiger partial charge in [0.2, 0.25) is 0 Å². The van der Waals surface area contributed by atoms with Crippen LogP contribution in [0.15, 0.2) is 45.6 Å². The van der Waals surface area contributed by atoms with Crippen LogP contribution in [0.5, 0.6) is 0 Å². The Morgan fingerprint density at radius 1 is 0.739 bits per heavy atom. The molecule has 23 heavy (non-hydrogen) atoms. The lowest BCUT2D eigenvalue weighted by atomic mass is 10.1. The van der Waals surface area contributed by atoms with Crippen molar-refractivity contribution in [3.8, 4) is 0 Å². The maximum atomic E-state index is 6.58. The Kier molecular flexibility index (Phi) is 5.54. The third kappa shape index (κ3) is 2.95.